The Kier molecular flexibility index (Phi) is 5.05. The minimum Gasteiger partial charge on any atom is -0.386 e. The maximum Gasteiger partial charge on any atom is 0.274 e. The third-order valence-corrected chi connectivity index (χ3v) is 8.31. The molecule has 1 spiro atoms. The normalized spacial score (nSPS) is 27.1. The number of amidine groups is 1. The first-order valence-corrected chi connectivity index (χ1v) is 11.1. The van der Waals surface area contributed by atoms with Crippen LogP contribution in [0.25, 0.3) is 0 Å². The summed E-state index contributed by atoms with van der Waals surface area (Å²) in [4.78, 5) is 20.4. The summed E-state index contributed by atoms with van der Waals surface area (Å²) in [5.41, 5.74) is 4.72. The van der Waals surface area contributed by atoms with E-state index in [1.807, 2.05) is 0 Å². The number of rotatable bonds is 3. The summed E-state index contributed by atoms with van der Waals surface area (Å²) in [7, 11) is -3.81. The van der Waals surface area contributed by atoms with Crippen LogP contribution in [0.2, 0.25) is 0 Å². The molecule has 3 heterocycles. The van der Waals surface area contributed by atoms with E-state index in [4.69, 9.17) is 10.5 Å². The minimum atomic E-state index is -3.81. The molecule has 1 aromatic heterocycles. The summed E-state index contributed by atoms with van der Waals surface area (Å²) in [5, 5.41) is 2.54. The molecule has 2 atom stereocenters. The first kappa shape index (κ1) is 21.3. The number of amides is 1. The number of sulfone groups is 1. The molecule has 0 unspecified atom stereocenters. The Bertz CT molecular complexity index is 1180. The predicted octanol–water partition coefficient (Wildman–Crippen LogP) is 1.77. The van der Waals surface area contributed by atoms with Gasteiger partial charge in [-0.3, -0.25) is 9.79 Å². The molecule has 3 N–H and O–H groups in total. The van der Waals surface area contributed by atoms with E-state index < -0.39 is 43.4 Å². The second-order valence-corrected chi connectivity index (χ2v) is 10.1. The lowest BCUT2D eigenvalue weighted by atomic mass is 9.92. The Morgan fingerprint density at radius 3 is 2.65 bits per heavy atom. The third kappa shape index (κ3) is 3.57. The molecular formula is C20H20F2N4O4S. The van der Waals surface area contributed by atoms with E-state index in [0.717, 1.165) is 18.3 Å². The second-order valence-electron chi connectivity index (χ2n) is 7.84. The SMILES string of the molecule is C[C@@]1(c2cc(NC(=O)c3ccc(F)cn3)ccc2F)CS(=O)(=O)[C@]2(CCOC2)C(N)=N1. The molecule has 31 heavy (non-hydrogen) atoms. The van der Waals surface area contributed by atoms with Gasteiger partial charge in [-0.1, -0.05) is 0 Å². The lowest BCUT2D eigenvalue weighted by Crippen LogP contribution is -2.58. The highest BCUT2D eigenvalue weighted by molar-refractivity contribution is 7.93. The van der Waals surface area contributed by atoms with Crippen molar-refractivity contribution in [2.45, 2.75) is 23.6 Å². The van der Waals surface area contributed by atoms with Crippen molar-refractivity contribution < 1.29 is 26.7 Å². The standard InChI is InChI=1S/C20H20F2N4O4S/c1-19(11-31(28,29)20(18(23)26-19)6-7-30-10-20)14-8-13(3-4-15(14)22)25-17(27)16-5-2-12(21)9-24-16/h2-5,8-9H,6-7,10-11H2,1H3,(H2,23,26)(H,25,27)/t19-,20-/m0/s1. The molecule has 0 bridgehead atoms. The molecule has 4 rings (SSSR count). The van der Waals surface area contributed by atoms with E-state index in [2.05, 4.69) is 15.3 Å². The number of ether oxygens (including phenoxy) is 1. The van der Waals surface area contributed by atoms with E-state index >= 15 is 0 Å². The number of nitrogens with two attached hydrogens (primary N) is 1. The third-order valence-electron chi connectivity index (χ3n) is 5.65. The number of hydrogen-bond donors (Lipinski definition) is 2. The molecule has 1 fully saturated rings. The van der Waals surface area contributed by atoms with Crippen molar-refractivity contribution in [3.63, 3.8) is 0 Å². The van der Waals surface area contributed by atoms with Gasteiger partial charge >= 0.3 is 0 Å². The van der Waals surface area contributed by atoms with Crippen molar-refractivity contribution >= 4 is 27.3 Å². The summed E-state index contributed by atoms with van der Waals surface area (Å²) >= 11 is 0. The maximum absolute atomic E-state index is 14.8. The zero-order chi connectivity index (χ0) is 22.4. The Morgan fingerprint density at radius 1 is 1.26 bits per heavy atom. The van der Waals surface area contributed by atoms with Crippen LogP contribution < -0.4 is 11.1 Å². The molecular weight excluding hydrogens is 430 g/mol. The summed E-state index contributed by atoms with van der Waals surface area (Å²) in [6.45, 7) is 1.65. The molecule has 0 saturated carbocycles. The monoisotopic (exact) mass is 450 g/mol. The number of nitrogens with one attached hydrogen (secondary N) is 1. The average molecular weight is 450 g/mol. The Labute approximate surface area is 177 Å². The molecule has 164 valence electrons. The number of carbonyl (C=O) groups excluding carboxylic acids is 1. The van der Waals surface area contributed by atoms with Gasteiger partial charge < -0.3 is 15.8 Å². The highest BCUT2D eigenvalue weighted by Crippen LogP contribution is 2.41. The quantitative estimate of drug-likeness (QED) is 0.735. The fourth-order valence-corrected chi connectivity index (χ4v) is 6.18. The van der Waals surface area contributed by atoms with Gasteiger partial charge in [0.1, 0.15) is 28.7 Å². The number of nitrogens with zero attached hydrogens (tertiary/aromatic N) is 2. The van der Waals surface area contributed by atoms with Gasteiger partial charge in [0.2, 0.25) is 0 Å². The highest BCUT2D eigenvalue weighted by Gasteiger charge is 2.57. The lowest BCUT2D eigenvalue weighted by molar-refractivity contribution is 0.102. The summed E-state index contributed by atoms with van der Waals surface area (Å²) in [5.74, 6) is -2.48. The molecule has 8 nitrogen and oxygen atoms in total. The Morgan fingerprint density at radius 2 is 2.03 bits per heavy atom. The molecule has 2 aromatic rings. The molecule has 2 aliphatic rings. The number of carbonyl (C=O) groups is 1. The van der Waals surface area contributed by atoms with Crippen molar-refractivity contribution in [2.75, 3.05) is 24.3 Å². The van der Waals surface area contributed by atoms with Gasteiger partial charge in [0.25, 0.3) is 5.91 Å². The van der Waals surface area contributed by atoms with Gasteiger partial charge in [0.15, 0.2) is 14.6 Å². The van der Waals surface area contributed by atoms with Crippen LogP contribution in [-0.2, 0) is 20.1 Å². The van der Waals surface area contributed by atoms with E-state index in [9.17, 15) is 22.0 Å². The van der Waals surface area contributed by atoms with E-state index in [-0.39, 0.29) is 42.4 Å². The fourth-order valence-electron chi connectivity index (χ4n) is 3.92. The molecule has 1 amide bonds. The Hall–Kier alpha value is -2.92. The van der Waals surface area contributed by atoms with Crippen molar-refractivity contribution in [3.05, 3.63) is 59.4 Å². The predicted molar refractivity (Wildman–Crippen MR) is 109 cm³/mol. The van der Waals surface area contributed by atoms with Gasteiger partial charge in [-0.2, -0.15) is 0 Å². The molecule has 1 saturated heterocycles. The highest BCUT2D eigenvalue weighted by atomic mass is 32.2. The van der Waals surface area contributed by atoms with Crippen molar-refractivity contribution in [2.24, 2.45) is 10.7 Å². The smallest absolute Gasteiger partial charge is 0.274 e. The summed E-state index contributed by atoms with van der Waals surface area (Å²) < 4.78 is 57.9. The van der Waals surface area contributed by atoms with Crippen LogP contribution in [0.4, 0.5) is 14.5 Å². The van der Waals surface area contributed by atoms with Crippen molar-refractivity contribution in [1.82, 2.24) is 4.98 Å². The number of pyridine rings is 1. The van der Waals surface area contributed by atoms with Crippen molar-refractivity contribution in [3.8, 4) is 0 Å². The van der Waals surface area contributed by atoms with Gasteiger partial charge in [-0.15, -0.1) is 0 Å². The molecule has 0 radical (unpaired) electrons. The van der Waals surface area contributed by atoms with Gasteiger partial charge in [-0.25, -0.2) is 22.2 Å². The zero-order valence-electron chi connectivity index (χ0n) is 16.6. The zero-order valence-corrected chi connectivity index (χ0v) is 17.4. The number of hydrogen-bond acceptors (Lipinski definition) is 7. The van der Waals surface area contributed by atoms with Crippen LogP contribution in [0.3, 0.4) is 0 Å². The number of halogens is 2. The minimum absolute atomic E-state index is 0.0299. The van der Waals surface area contributed by atoms with Gasteiger partial charge in [0, 0.05) is 17.9 Å². The lowest BCUT2D eigenvalue weighted by Gasteiger charge is -2.39. The largest absolute Gasteiger partial charge is 0.386 e. The van der Waals surface area contributed by atoms with Crippen molar-refractivity contribution in [1.29, 1.82) is 0 Å². The molecule has 2 aliphatic heterocycles. The van der Waals surface area contributed by atoms with Gasteiger partial charge in [0.05, 0.1) is 18.6 Å². The van der Waals surface area contributed by atoms with Crippen LogP contribution in [0.5, 0.6) is 0 Å². The molecule has 0 aliphatic carbocycles. The number of benzene rings is 1. The van der Waals surface area contributed by atoms with Crippen LogP contribution in [0.15, 0.2) is 41.5 Å². The second kappa shape index (κ2) is 7.34. The van der Waals surface area contributed by atoms with Crippen LogP contribution in [-0.4, -0.2) is 48.9 Å². The fraction of sp³-hybridized carbons (Fsp3) is 0.350. The number of anilines is 1. The maximum atomic E-state index is 14.8. The van der Waals surface area contributed by atoms with Crippen LogP contribution in [0.1, 0.15) is 29.4 Å². The number of aromatic nitrogens is 1. The topological polar surface area (TPSA) is 124 Å². The Balaban J connectivity index is 1.69. The first-order valence-electron chi connectivity index (χ1n) is 9.45. The van der Waals surface area contributed by atoms with Gasteiger partial charge in [-0.05, 0) is 43.7 Å². The first-order chi connectivity index (χ1) is 14.6. The average Bonchev–Trinajstić information content (AvgIpc) is 3.20. The summed E-state index contributed by atoms with van der Waals surface area (Å²) in [6, 6.07) is 6.03. The summed E-state index contributed by atoms with van der Waals surface area (Å²) in [6.07, 6.45) is 1.10. The molecule has 11 heteroatoms. The van der Waals surface area contributed by atoms with E-state index in [1.165, 1.54) is 25.1 Å². The van der Waals surface area contributed by atoms with Crippen LogP contribution >= 0.6 is 0 Å². The molecule has 1 aromatic carbocycles. The van der Waals surface area contributed by atoms with E-state index in [0.29, 0.717) is 0 Å². The van der Waals surface area contributed by atoms with Crippen LogP contribution in [0, 0.1) is 11.6 Å². The van der Waals surface area contributed by atoms with E-state index in [1.54, 1.807) is 0 Å². The number of aliphatic imine (C=N–C) groups is 1.